The van der Waals surface area contributed by atoms with Crippen molar-refractivity contribution in [1.82, 2.24) is 5.32 Å². The molecule has 4 rings (SSSR count). The average Bonchev–Trinajstić information content (AvgIpc) is 2.88. The van der Waals surface area contributed by atoms with Gasteiger partial charge in [-0.1, -0.05) is 64.5 Å². The van der Waals surface area contributed by atoms with Gasteiger partial charge in [-0.3, -0.25) is 0 Å². The number of methoxy groups -OCH3 is 1. The molecular weight excluding hydrogens is 502 g/mol. The van der Waals surface area contributed by atoms with Gasteiger partial charge < -0.3 is 19.6 Å². The first-order valence-electron chi connectivity index (χ1n) is 12.2. The summed E-state index contributed by atoms with van der Waals surface area (Å²) < 4.78 is 13.5. The van der Waals surface area contributed by atoms with Crippen molar-refractivity contribution in [3.05, 3.63) is 98.5 Å². The van der Waals surface area contributed by atoms with E-state index in [0.29, 0.717) is 13.2 Å². The zero-order valence-electron chi connectivity index (χ0n) is 20.7. The molecule has 35 heavy (non-hydrogen) atoms. The molecule has 0 saturated heterocycles. The molecule has 1 aliphatic carbocycles. The predicted molar refractivity (Wildman–Crippen MR) is 144 cm³/mol. The molecule has 0 aliphatic heterocycles. The lowest BCUT2D eigenvalue weighted by Crippen LogP contribution is -2.36. The monoisotopic (exact) mass is 535 g/mol. The molecule has 0 fully saturated rings. The molecule has 4 nitrogen and oxygen atoms in total. The van der Waals surface area contributed by atoms with E-state index in [1.165, 1.54) is 22.3 Å². The number of halogens is 1. The van der Waals surface area contributed by atoms with Gasteiger partial charge in [0.1, 0.15) is 18.6 Å². The zero-order chi connectivity index (χ0) is 24.8. The number of fused-ring (bicyclic) bond motifs is 1. The highest BCUT2D eigenvalue weighted by Gasteiger charge is 2.37. The van der Waals surface area contributed by atoms with Crippen molar-refractivity contribution in [2.75, 3.05) is 13.7 Å². The van der Waals surface area contributed by atoms with Gasteiger partial charge in [0.05, 0.1) is 6.10 Å². The smallest absolute Gasteiger partial charge is 0.124 e. The van der Waals surface area contributed by atoms with Gasteiger partial charge in [-0.15, -0.1) is 0 Å². The molecule has 0 amide bonds. The van der Waals surface area contributed by atoms with Crippen LogP contribution in [0, 0.1) is 25.7 Å². The Morgan fingerprint density at radius 3 is 2.57 bits per heavy atom. The minimum Gasteiger partial charge on any atom is -0.489 e. The largest absolute Gasteiger partial charge is 0.489 e. The Morgan fingerprint density at radius 1 is 1.11 bits per heavy atom. The Labute approximate surface area is 217 Å². The SMILES string of the molecule is CO[C@H]1c2c(C)c(OCc3ccccc3Br)cc(C)c2CCC1C(C=O)CNCc1ccccc1. The van der Waals surface area contributed by atoms with Crippen LogP contribution in [0.3, 0.4) is 0 Å². The van der Waals surface area contributed by atoms with E-state index in [1.54, 1.807) is 7.11 Å². The van der Waals surface area contributed by atoms with Gasteiger partial charge in [0, 0.05) is 42.1 Å². The number of benzene rings is 3. The van der Waals surface area contributed by atoms with Crippen molar-refractivity contribution in [2.24, 2.45) is 11.8 Å². The van der Waals surface area contributed by atoms with E-state index in [4.69, 9.17) is 9.47 Å². The van der Waals surface area contributed by atoms with Gasteiger partial charge in [0.15, 0.2) is 0 Å². The normalized spacial score (nSPS) is 18.1. The fraction of sp³-hybridized carbons (Fsp3) is 0.367. The molecule has 1 aliphatic rings. The van der Waals surface area contributed by atoms with Gasteiger partial charge in [0.25, 0.3) is 0 Å². The third-order valence-corrected chi connectivity index (χ3v) is 7.97. The van der Waals surface area contributed by atoms with Crippen LogP contribution in [0.1, 0.15) is 45.9 Å². The number of ether oxygens (including phenoxy) is 2. The fourth-order valence-corrected chi connectivity index (χ4v) is 5.69. The molecule has 0 heterocycles. The number of hydrogen-bond acceptors (Lipinski definition) is 4. The summed E-state index contributed by atoms with van der Waals surface area (Å²) in [5.41, 5.74) is 7.18. The summed E-state index contributed by atoms with van der Waals surface area (Å²) in [5.74, 6) is 0.871. The maximum absolute atomic E-state index is 12.2. The summed E-state index contributed by atoms with van der Waals surface area (Å²) in [6, 6.07) is 20.5. The third kappa shape index (κ3) is 5.85. The Hall–Kier alpha value is -2.47. The number of carbonyl (C=O) groups is 1. The Morgan fingerprint density at radius 2 is 1.86 bits per heavy atom. The lowest BCUT2D eigenvalue weighted by atomic mass is 9.72. The highest BCUT2D eigenvalue weighted by atomic mass is 79.9. The van der Waals surface area contributed by atoms with E-state index in [-0.39, 0.29) is 17.9 Å². The van der Waals surface area contributed by atoms with Crippen LogP contribution in [0.4, 0.5) is 0 Å². The van der Waals surface area contributed by atoms with Crippen LogP contribution >= 0.6 is 15.9 Å². The Kier molecular flexibility index (Phi) is 8.77. The maximum Gasteiger partial charge on any atom is 0.124 e. The maximum atomic E-state index is 12.2. The fourth-order valence-electron chi connectivity index (χ4n) is 5.29. The minimum atomic E-state index is -0.141. The van der Waals surface area contributed by atoms with Crippen LogP contribution in [0.15, 0.2) is 65.1 Å². The standard InChI is InChI=1S/C30H34BrNO3/c1-20-15-28(35-19-23-11-7-8-12-27(23)31)21(2)29-25(20)13-14-26(30(29)34-3)24(18-33)17-32-16-22-9-5-4-6-10-22/h4-12,15,18,24,26,30,32H,13-14,16-17,19H2,1-3H3/t24?,26?,30-/m1/s1. The third-order valence-electron chi connectivity index (χ3n) is 7.20. The summed E-state index contributed by atoms with van der Waals surface area (Å²) in [5, 5.41) is 3.48. The average molecular weight is 537 g/mol. The minimum absolute atomic E-state index is 0.116. The van der Waals surface area contributed by atoms with Crippen molar-refractivity contribution in [3.63, 3.8) is 0 Å². The molecule has 1 N–H and O–H groups in total. The van der Waals surface area contributed by atoms with Gasteiger partial charge in [-0.25, -0.2) is 0 Å². The summed E-state index contributed by atoms with van der Waals surface area (Å²) in [6.45, 7) is 6.13. The van der Waals surface area contributed by atoms with Gasteiger partial charge in [-0.2, -0.15) is 0 Å². The van der Waals surface area contributed by atoms with E-state index in [2.05, 4.69) is 59.4 Å². The van der Waals surface area contributed by atoms with Crippen molar-refractivity contribution < 1.29 is 14.3 Å². The van der Waals surface area contributed by atoms with E-state index < -0.39 is 0 Å². The van der Waals surface area contributed by atoms with Crippen LogP contribution in [-0.2, 0) is 29.1 Å². The predicted octanol–water partition coefficient (Wildman–Crippen LogP) is 6.50. The Bertz CT molecular complexity index is 1150. The second-order valence-corrected chi connectivity index (χ2v) is 10.2. The van der Waals surface area contributed by atoms with Crippen LogP contribution in [0.2, 0.25) is 0 Å². The van der Waals surface area contributed by atoms with Crippen LogP contribution in [-0.4, -0.2) is 19.9 Å². The molecule has 3 aromatic carbocycles. The van der Waals surface area contributed by atoms with Gasteiger partial charge in [0.2, 0.25) is 0 Å². The lowest BCUT2D eigenvalue weighted by Gasteiger charge is -2.38. The lowest BCUT2D eigenvalue weighted by molar-refractivity contribution is -0.115. The zero-order valence-corrected chi connectivity index (χ0v) is 22.3. The molecule has 184 valence electrons. The Balaban J connectivity index is 1.54. The molecule has 0 spiro atoms. The van der Waals surface area contributed by atoms with Crippen molar-refractivity contribution >= 4 is 22.2 Å². The second-order valence-electron chi connectivity index (χ2n) is 9.36. The number of carbonyl (C=O) groups excluding carboxylic acids is 1. The number of nitrogens with one attached hydrogen (secondary N) is 1. The molecule has 0 bridgehead atoms. The van der Waals surface area contributed by atoms with E-state index in [9.17, 15) is 4.79 Å². The van der Waals surface area contributed by atoms with E-state index in [1.807, 2.05) is 36.4 Å². The van der Waals surface area contributed by atoms with E-state index >= 15 is 0 Å². The first kappa shape index (κ1) is 25.6. The first-order valence-corrected chi connectivity index (χ1v) is 13.0. The van der Waals surface area contributed by atoms with Crippen molar-refractivity contribution in [3.8, 4) is 5.75 Å². The quantitative estimate of drug-likeness (QED) is 0.301. The van der Waals surface area contributed by atoms with Crippen molar-refractivity contribution in [2.45, 2.75) is 45.9 Å². The second kappa shape index (κ2) is 12.0. The number of aldehydes is 1. The molecule has 0 radical (unpaired) electrons. The molecule has 5 heteroatoms. The van der Waals surface area contributed by atoms with Crippen molar-refractivity contribution in [1.29, 1.82) is 0 Å². The molecule has 2 unspecified atom stereocenters. The summed E-state index contributed by atoms with van der Waals surface area (Å²) >= 11 is 3.61. The molecule has 3 aromatic rings. The number of rotatable bonds is 10. The highest BCUT2D eigenvalue weighted by Crippen LogP contribution is 2.45. The van der Waals surface area contributed by atoms with Crippen LogP contribution < -0.4 is 10.1 Å². The van der Waals surface area contributed by atoms with Gasteiger partial charge in [-0.05, 0) is 66.6 Å². The molecule has 0 aromatic heterocycles. The van der Waals surface area contributed by atoms with Crippen LogP contribution in [0.5, 0.6) is 5.75 Å². The molecule has 0 saturated carbocycles. The molecular formula is C30H34BrNO3. The van der Waals surface area contributed by atoms with E-state index in [0.717, 1.165) is 47.0 Å². The summed E-state index contributed by atoms with van der Waals surface area (Å²) in [7, 11) is 1.76. The first-order chi connectivity index (χ1) is 17.0. The molecule has 3 atom stereocenters. The highest BCUT2D eigenvalue weighted by molar-refractivity contribution is 9.10. The number of aryl methyl sites for hydroxylation is 1. The van der Waals surface area contributed by atoms with Crippen LogP contribution in [0.25, 0.3) is 0 Å². The summed E-state index contributed by atoms with van der Waals surface area (Å²) in [4.78, 5) is 12.2. The topological polar surface area (TPSA) is 47.6 Å². The van der Waals surface area contributed by atoms with Gasteiger partial charge >= 0.3 is 0 Å². The number of hydrogen-bond donors (Lipinski definition) is 1. The summed E-state index contributed by atoms with van der Waals surface area (Å²) in [6.07, 6.45) is 2.84.